The molecule has 1 atom stereocenters. The number of halogens is 1. The van der Waals surface area contributed by atoms with Gasteiger partial charge in [-0.2, -0.15) is 0 Å². The Bertz CT molecular complexity index is 700. The second kappa shape index (κ2) is 7.40. The molecule has 0 aliphatic heterocycles. The Balaban J connectivity index is 1.97. The fourth-order valence-corrected chi connectivity index (χ4v) is 1.81. The molecule has 0 radical (unpaired) electrons. The standard InChI is InChI=1S/C17H16FNO4/c1-11(16(20)19-15-6-4-3-5-14(15)18)23-17(21)12-7-9-13(22-2)10-8-12/h3-11H,1-2H3,(H,19,20)/t11-/m0/s1. The van der Waals surface area contributed by atoms with Crippen LogP contribution in [0.15, 0.2) is 48.5 Å². The smallest absolute Gasteiger partial charge is 0.338 e. The van der Waals surface area contributed by atoms with E-state index in [2.05, 4.69) is 5.32 Å². The van der Waals surface area contributed by atoms with Crippen LogP contribution >= 0.6 is 0 Å². The van der Waals surface area contributed by atoms with Crippen molar-refractivity contribution in [3.8, 4) is 5.75 Å². The third-order valence-electron chi connectivity index (χ3n) is 3.11. The first-order chi connectivity index (χ1) is 11.0. The highest BCUT2D eigenvalue weighted by atomic mass is 19.1. The van der Waals surface area contributed by atoms with Crippen molar-refractivity contribution in [3.05, 3.63) is 59.9 Å². The minimum Gasteiger partial charge on any atom is -0.497 e. The molecule has 5 nitrogen and oxygen atoms in total. The normalized spacial score (nSPS) is 11.4. The fraction of sp³-hybridized carbons (Fsp3) is 0.176. The summed E-state index contributed by atoms with van der Waals surface area (Å²) in [6.45, 7) is 1.41. The predicted octanol–water partition coefficient (Wildman–Crippen LogP) is 3.02. The van der Waals surface area contributed by atoms with Crippen LogP contribution in [0.25, 0.3) is 0 Å². The van der Waals surface area contributed by atoms with Crippen molar-refractivity contribution in [2.45, 2.75) is 13.0 Å². The Morgan fingerprint density at radius 1 is 1.09 bits per heavy atom. The number of esters is 1. The molecule has 0 aromatic heterocycles. The van der Waals surface area contributed by atoms with Gasteiger partial charge >= 0.3 is 5.97 Å². The minimum atomic E-state index is -1.07. The monoisotopic (exact) mass is 317 g/mol. The molecule has 0 unspecified atom stereocenters. The van der Waals surface area contributed by atoms with Crippen molar-refractivity contribution >= 4 is 17.6 Å². The van der Waals surface area contributed by atoms with Crippen LogP contribution in [0.3, 0.4) is 0 Å². The number of anilines is 1. The zero-order valence-electron chi connectivity index (χ0n) is 12.7. The highest BCUT2D eigenvalue weighted by Crippen LogP contribution is 2.15. The van der Waals surface area contributed by atoms with E-state index in [1.807, 2.05) is 0 Å². The number of hydrogen-bond acceptors (Lipinski definition) is 4. The quantitative estimate of drug-likeness (QED) is 0.861. The van der Waals surface area contributed by atoms with Crippen LogP contribution < -0.4 is 10.1 Å². The topological polar surface area (TPSA) is 64.6 Å². The summed E-state index contributed by atoms with van der Waals surface area (Å²) in [5.74, 6) is -1.22. The number of amides is 1. The number of rotatable bonds is 5. The van der Waals surface area contributed by atoms with E-state index >= 15 is 0 Å². The molecule has 23 heavy (non-hydrogen) atoms. The zero-order valence-corrected chi connectivity index (χ0v) is 12.7. The van der Waals surface area contributed by atoms with Gasteiger partial charge < -0.3 is 14.8 Å². The number of carbonyl (C=O) groups is 2. The lowest BCUT2D eigenvalue weighted by Gasteiger charge is -2.14. The number of ether oxygens (including phenoxy) is 2. The van der Waals surface area contributed by atoms with Crippen molar-refractivity contribution < 1.29 is 23.5 Å². The van der Waals surface area contributed by atoms with Gasteiger partial charge in [-0.05, 0) is 43.3 Å². The summed E-state index contributed by atoms with van der Waals surface area (Å²) < 4.78 is 23.5. The number of carbonyl (C=O) groups excluding carboxylic acids is 2. The zero-order chi connectivity index (χ0) is 16.8. The van der Waals surface area contributed by atoms with Crippen molar-refractivity contribution in [2.75, 3.05) is 12.4 Å². The molecule has 2 rings (SSSR count). The summed E-state index contributed by atoms with van der Waals surface area (Å²) in [6, 6.07) is 12.0. The van der Waals surface area contributed by atoms with E-state index in [0.29, 0.717) is 5.75 Å². The Hall–Kier alpha value is -2.89. The maximum absolute atomic E-state index is 13.5. The maximum atomic E-state index is 13.5. The molecule has 2 aromatic rings. The Labute approximate surface area is 133 Å². The maximum Gasteiger partial charge on any atom is 0.338 e. The van der Waals surface area contributed by atoms with E-state index in [1.54, 1.807) is 18.2 Å². The molecule has 0 fully saturated rings. The Morgan fingerprint density at radius 3 is 2.35 bits per heavy atom. The summed E-state index contributed by atoms with van der Waals surface area (Å²) in [5, 5.41) is 2.37. The molecule has 6 heteroatoms. The molecular formula is C17H16FNO4. The average molecular weight is 317 g/mol. The average Bonchev–Trinajstić information content (AvgIpc) is 2.56. The van der Waals surface area contributed by atoms with Crippen molar-refractivity contribution in [1.29, 1.82) is 0 Å². The molecule has 120 valence electrons. The minimum absolute atomic E-state index is 0.0323. The van der Waals surface area contributed by atoms with Gasteiger partial charge in [-0.15, -0.1) is 0 Å². The number of nitrogens with one attached hydrogen (secondary N) is 1. The van der Waals surface area contributed by atoms with E-state index in [-0.39, 0.29) is 11.3 Å². The lowest BCUT2D eigenvalue weighted by atomic mass is 10.2. The SMILES string of the molecule is COc1ccc(C(=O)O[C@@H](C)C(=O)Nc2ccccc2F)cc1. The number of methoxy groups -OCH3 is 1. The van der Waals surface area contributed by atoms with Crippen molar-refractivity contribution in [3.63, 3.8) is 0 Å². The van der Waals surface area contributed by atoms with Crippen LogP contribution in [-0.4, -0.2) is 25.1 Å². The number of para-hydroxylation sites is 1. The van der Waals surface area contributed by atoms with Gasteiger partial charge in [-0.3, -0.25) is 4.79 Å². The first kappa shape index (κ1) is 16.5. The van der Waals surface area contributed by atoms with Crippen LogP contribution in [0.5, 0.6) is 5.75 Å². The summed E-state index contributed by atoms with van der Waals surface area (Å²) in [7, 11) is 1.52. The van der Waals surface area contributed by atoms with Gasteiger partial charge in [-0.1, -0.05) is 12.1 Å². The number of hydrogen-bond donors (Lipinski definition) is 1. The lowest BCUT2D eigenvalue weighted by molar-refractivity contribution is -0.123. The second-order valence-corrected chi connectivity index (χ2v) is 4.75. The molecular weight excluding hydrogens is 301 g/mol. The first-order valence-corrected chi connectivity index (χ1v) is 6.91. The van der Waals surface area contributed by atoms with E-state index in [1.165, 1.54) is 44.4 Å². The van der Waals surface area contributed by atoms with Crippen molar-refractivity contribution in [2.24, 2.45) is 0 Å². The summed E-state index contributed by atoms with van der Waals surface area (Å²) >= 11 is 0. The first-order valence-electron chi connectivity index (χ1n) is 6.91. The third-order valence-corrected chi connectivity index (χ3v) is 3.11. The van der Waals surface area contributed by atoms with E-state index in [9.17, 15) is 14.0 Å². The predicted molar refractivity (Wildman–Crippen MR) is 82.9 cm³/mol. The third kappa shape index (κ3) is 4.29. The van der Waals surface area contributed by atoms with E-state index in [4.69, 9.17) is 9.47 Å². The van der Waals surface area contributed by atoms with Gasteiger partial charge in [-0.25, -0.2) is 9.18 Å². The molecule has 2 aromatic carbocycles. The number of benzene rings is 2. The second-order valence-electron chi connectivity index (χ2n) is 4.75. The van der Waals surface area contributed by atoms with Crippen LogP contribution in [0.2, 0.25) is 0 Å². The molecule has 0 heterocycles. The highest BCUT2D eigenvalue weighted by molar-refractivity contribution is 5.97. The molecule has 0 bridgehead atoms. The van der Waals surface area contributed by atoms with E-state index < -0.39 is 23.8 Å². The highest BCUT2D eigenvalue weighted by Gasteiger charge is 2.20. The van der Waals surface area contributed by atoms with Gasteiger partial charge in [0.15, 0.2) is 6.10 Å². The van der Waals surface area contributed by atoms with Gasteiger partial charge in [0.2, 0.25) is 0 Å². The Kier molecular flexibility index (Phi) is 5.30. The van der Waals surface area contributed by atoms with Gasteiger partial charge in [0.25, 0.3) is 5.91 Å². The molecule has 0 saturated heterocycles. The van der Waals surface area contributed by atoms with Gasteiger partial charge in [0, 0.05) is 0 Å². The molecule has 0 aliphatic carbocycles. The molecule has 1 N–H and O–H groups in total. The van der Waals surface area contributed by atoms with Gasteiger partial charge in [0.1, 0.15) is 11.6 Å². The van der Waals surface area contributed by atoms with Crippen LogP contribution in [0.4, 0.5) is 10.1 Å². The van der Waals surface area contributed by atoms with Crippen LogP contribution in [-0.2, 0) is 9.53 Å². The lowest BCUT2D eigenvalue weighted by Crippen LogP contribution is -2.30. The molecule has 0 saturated carbocycles. The van der Waals surface area contributed by atoms with Crippen LogP contribution in [0, 0.1) is 5.82 Å². The van der Waals surface area contributed by atoms with E-state index in [0.717, 1.165) is 0 Å². The fourth-order valence-electron chi connectivity index (χ4n) is 1.81. The molecule has 1 amide bonds. The van der Waals surface area contributed by atoms with Crippen LogP contribution in [0.1, 0.15) is 17.3 Å². The Morgan fingerprint density at radius 2 is 1.74 bits per heavy atom. The summed E-state index contributed by atoms with van der Waals surface area (Å²) in [4.78, 5) is 23.9. The summed E-state index contributed by atoms with van der Waals surface area (Å²) in [5.41, 5.74) is 0.321. The molecule has 0 spiro atoms. The largest absolute Gasteiger partial charge is 0.497 e. The van der Waals surface area contributed by atoms with Gasteiger partial charge in [0.05, 0.1) is 18.4 Å². The molecule has 0 aliphatic rings. The van der Waals surface area contributed by atoms with Crippen molar-refractivity contribution in [1.82, 2.24) is 0 Å². The summed E-state index contributed by atoms with van der Waals surface area (Å²) in [6.07, 6.45) is -1.07.